The lowest BCUT2D eigenvalue weighted by Gasteiger charge is -2.43. The number of anilines is 1. The minimum atomic E-state index is -0.407. The van der Waals surface area contributed by atoms with E-state index in [1.54, 1.807) is 20.3 Å². The first-order chi connectivity index (χ1) is 11.7. The number of nitriles is 1. The third-order valence-corrected chi connectivity index (χ3v) is 4.06. The molecular formula is C18H26N4O3. The van der Waals surface area contributed by atoms with Gasteiger partial charge >= 0.3 is 0 Å². The van der Waals surface area contributed by atoms with Crippen molar-refractivity contribution in [3.05, 3.63) is 23.4 Å². The van der Waals surface area contributed by atoms with Crippen molar-refractivity contribution in [1.82, 2.24) is 9.88 Å². The molecule has 1 atom stereocenters. The van der Waals surface area contributed by atoms with Gasteiger partial charge in [-0.1, -0.05) is 0 Å². The van der Waals surface area contributed by atoms with Crippen LogP contribution in [0.25, 0.3) is 0 Å². The van der Waals surface area contributed by atoms with Gasteiger partial charge in [0, 0.05) is 33.4 Å². The van der Waals surface area contributed by atoms with Crippen LogP contribution in [0.1, 0.15) is 25.0 Å². The van der Waals surface area contributed by atoms with Gasteiger partial charge < -0.3 is 19.3 Å². The molecule has 0 N–H and O–H groups in total. The number of hydrogen-bond donors (Lipinski definition) is 0. The fraction of sp³-hybridized carbons (Fsp3) is 0.611. The summed E-state index contributed by atoms with van der Waals surface area (Å²) >= 11 is 0. The van der Waals surface area contributed by atoms with E-state index < -0.39 is 5.60 Å². The lowest BCUT2D eigenvalue weighted by atomic mass is 10.0. The highest BCUT2D eigenvalue weighted by atomic mass is 16.5. The molecule has 0 aromatic carbocycles. The maximum Gasteiger partial charge on any atom is 0.248 e. The average Bonchev–Trinajstić information content (AvgIpc) is 2.52. The number of carbonyl (C=O) groups is 1. The molecule has 7 heteroatoms. The summed E-state index contributed by atoms with van der Waals surface area (Å²) in [6.45, 7) is 7.43. The summed E-state index contributed by atoms with van der Waals surface area (Å²) in [6, 6.07) is 4.08. The molecule has 1 unspecified atom stereocenters. The predicted molar refractivity (Wildman–Crippen MR) is 94.4 cm³/mol. The van der Waals surface area contributed by atoms with Gasteiger partial charge in [-0.25, -0.2) is 4.98 Å². The van der Waals surface area contributed by atoms with Crippen LogP contribution in [-0.2, 0) is 14.3 Å². The van der Waals surface area contributed by atoms with Crippen molar-refractivity contribution in [2.24, 2.45) is 0 Å². The number of rotatable bonds is 5. The number of carbonyl (C=O) groups excluding carboxylic acids is 1. The molecule has 2 rings (SSSR count). The summed E-state index contributed by atoms with van der Waals surface area (Å²) in [6.07, 6.45) is 1.52. The molecule has 0 spiro atoms. The van der Waals surface area contributed by atoms with Crippen LogP contribution in [0.4, 0.5) is 5.82 Å². The number of aryl methyl sites for hydroxylation is 1. The molecule has 1 fully saturated rings. The zero-order valence-electron chi connectivity index (χ0n) is 15.6. The van der Waals surface area contributed by atoms with E-state index in [0.717, 1.165) is 5.56 Å². The smallest absolute Gasteiger partial charge is 0.248 e. The number of pyridine rings is 1. The van der Waals surface area contributed by atoms with Crippen LogP contribution in [0.5, 0.6) is 0 Å². The van der Waals surface area contributed by atoms with Crippen molar-refractivity contribution in [1.29, 1.82) is 5.26 Å². The summed E-state index contributed by atoms with van der Waals surface area (Å²) in [5.74, 6) is 0.590. The van der Waals surface area contributed by atoms with E-state index in [1.807, 2.05) is 26.8 Å². The topological polar surface area (TPSA) is 78.7 Å². The molecule has 25 heavy (non-hydrogen) atoms. The Morgan fingerprint density at radius 3 is 2.92 bits per heavy atom. The number of morpholine rings is 1. The highest BCUT2D eigenvalue weighted by molar-refractivity contribution is 5.76. The van der Waals surface area contributed by atoms with Crippen LogP contribution < -0.4 is 4.90 Å². The number of likely N-dealkylation sites (N-methyl/N-ethyl adjacent to an activating group) is 1. The van der Waals surface area contributed by atoms with Crippen molar-refractivity contribution in [3.8, 4) is 6.07 Å². The Kier molecular flexibility index (Phi) is 5.98. The fourth-order valence-electron chi connectivity index (χ4n) is 2.87. The molecule has 7 nitrogen and oxygen atoms in total. The Morgan fingerprint density at radius 1 is 1.56 bits per heavy atom. The van der Waals surface area contributed by atoms with Crippen LogP contribution in [0, 0.1) is 18.3 Å². The maximum absolute atomic E-state index is 11.6. The molecule has 0 aliphatic carbocycles. The van der Waals surface area contributed by atoms with Crippen molar-refractivity contribution < 1.29 is 14.3 Å². The van der Waals surface area contributed by atoms with E-state index in [2.05, 4.69) is 16.0 Å². The van der Waals surface area contributed by atoms with E-state index >= 15 is 0 Å². The molecule has 1 aromatic rings. The Bertz CT molecular complexity index is 667. The minimum absolute atomic E-state index is 0.0272. The van der Waals surface area contributed by atoms with E-state index in [0.29, 0.717) is 31.1 Å². The van der Waals surface area contributed by atoms with E-state index in [-0.39, 0.29) is 18.6 Å². The summed E-state index contributed by atoms with van der Waals surface area (Å²) < 4.78 is 11.6. The maximum atomic E-state index is 11.6. The molecule has 2 heterocycles. The second kappa shape index (κ2) is 7.81. The Morgan fingerprint density at radius 2 is 2.28 bits per heavy atom. The molecule has 0 radical (unpaired) electrons. The third-order valence-electron chi connectivity index (χ3n) is 4.06. The number of nitrogens with zero attached hydrogens (tertiary/aromatic N) is 4. The molecule has 1 amide bonds. The Balaban J connectivity index is 2.10. The van der Waals surface area contributed by atoms with Gasteiger partial charge in [0.15, 0.2) is 0 Å². The van der Waals surface area contributed by atoms with Gasteiger partial charge in [0.25, 0.3) is 0 Å². The van der Waals surface area contributed by atoms with E-state index in [9.17, 15) is 10.1 Å². The van der Waals surface area contributed by atoms with Gasteiger partial charge in [0.05, 0.1) is 23.9 Å². The van der Waals surface area contributed by atoms with Crippen LogP contribution >= 0.6 is 0 Å². The first-order valence-electron chi connectivity index (χ1n) is 8.30. The second-order valence-corrected chi connectivity index (χ2v) is 7.12. The molecule has 0 saturated carbocycles. The normalized spacial score (nSPS) is 19.4. The van der Waals surface area contributed by atoms with E-state index in [4.69, 9.17) is 9.47 Å². The molecule has 1 aromatic heterocycles. The first-order valence-corrected chi connectivity index (χ1v) is 8.30. The minimum Gasteiger partial charge on any atom is -0.369 e. The van der Waals surface area contributed by atoms with Gasteiger partial charge in [-0.2, -0.15) is 5.26 Å². The average molecular weight is 346 g/mol. The zero-order valence-corrected chi connectivity index (χ0v) is 15.6. The van der Waals surface area contributed by atoms with Crippen molar-refractivity contribution >= 4 is 11.7 Å². The molecule has 136 valence electrons. The molecular weight excluding hydrogens is 320 g/mol. The second-order valence-electron chi connectivity index (χ2n) is 7.12. The molecule has 0 bridgehead atoms. The lowest BCUT2D eigenvalue weighted by molar-refractivity contribution is -0.139. The third kappa shape index (κ3) is 4.91. The molecule has 1 aliphatic heterocycles. The summed E-state index contributed by atoms with van der Waals surface area (Å²) in [7, 11) is 3.39. The quantitative estimate of drug-likeness (QED) is 0.801. The number of aromatic nitrogens is 1. The zero-order chi connectivity index (χ0) is 18.6. The number of ether oxygens (including phenoxy) is 2. The summed E-state index contributed by atoms with van der Waals surface area (Å²) in [5, 5.41) is 9.47. The van der Waals surface area contributed by atoms with Gasteiger partial charge in [0.2, 0.25) is 5.91 Å². The van der Waals surface area contributed by atoms with Gasteiger partial charge in [-0.3, -0.25) is 4.79 Å². The molecule has 1 aliphatic rings. The summed E-state index contributed by atoms with van der Waals surface area (Å²) in [4.78, 5) is 19.6. The van der Waals surface area contributed by atoms with Crippen LogP contribution in [-0.4, -0.2) is 67.9 Å². The van der Waals surface area contributed by atoms with Crippen molar-refractivity contribution in [2.75, 3.05) is 45.3 Å². The highest BCUT2D eigenvalue weighted by Crippen LogP contribution is 2.28. The summed E-state index contributed by atoms with van der Waals surface area (Å²) in [5.41, 5.74) is 1.08. The van der Waals surface area contributed by atoms with Crippen molar-refractivity contribution in [3.63, 3.8) is 0 Å². The Labute approximate surface area is 149 Å². The predicted octanol–water partition coefficient (Wildman–Crippen LogP) is 1.35. The molecule has 1 saturated heterocycles. The van der Waals surface area contributed by atoms with Crippen LogP contribution in [0.3, 0.4) is 0 Å². The van der Waals surface area contributed by atoms with Crippen molar-refractivity contribution in [2.45, 2.75) is 32.5 Å². The first kappa shape index (κ1) is 19.2. The van der Waals surface area contributed by atoms with Gasteiger partial charge in [-0.05, 0) is 32.4 Å². The van der Waals surface area contributed by atoms with Crippen LogP contribution in [0.15, 0.2) is 12.3 Å². The Hall–Kier alpha value is -2.17. The number of hydrogen-bond acceptors (Lipinski definition) is 6. The van der Waals surface area contributed by atoms with E-state index in [1.165, 1.54) is 4.90 Å². The SMILES string of the molecule is Cc1ccnc(N2CC(COCC(=O)N(C)C)OC(C)(C)C2)c1C#N. The monoisotopic (exact) mass is 346 g/mol. The van der Waals surface area contributed by atoms with Gasteiger partial charge in [0.1, 0.15) is 18.5 Å². The standard InChI is InChI=1S/C18H26N4O3/c1-13-6-7-20-17(15(13)8-19)22-9-14(25-18(2,3)12-22)10-24-11-16(23)21(4)5/h6-7,14H,9-12H2,1-5H3. The largest absolute Gasteiger partial charge is 0.369 e. The highest BCUT2D eigenvalue weighted by Gasteiger charge is 2.35. The fourth-order valence-corrected chi connectivity index (χ4v) is 2.87. The van der Waals surface area contributed by atoms with Crippen LogP contribution in [0.2, 0.25) is 0 Å². The lowest BCUT2D eigenvalue weighted by Crippen LogP contribution is -2.54. The number of amides is 1. The van der Waals surface area contributed by atoms with Gasteiger partial charge in [-0.15, -0.1) is 0 Å².